The van der Waals surface area contributed by atoms with Crippen molar-refractivity contribution in [2.45, 2.75) is 19.4 Å². The Hall–Kier alpha value is -2.00. The molecule has 2 rings (SSSR count). The highest BCUT2D eigenvalue weighted by Gasteiger charge is 2.05. The number of rotatable bonds is 7. The van der Waals surface area contributed by atoms with Crippen LogP contribution in [0.5, 0.6) is 11.5 Å². The molecule has 0 aliphatic rings. The van der Waals surface area contributed by atoms with Crippen molar-refractivity contribution in [3.05, 3.63) is 59.7 Å². The Bertz CT molecular complexity index is 569. The Balaban J connectivity index is 1.87. The minimum absolute atomic E-state index is 0.297. The lowest BCUT2D eigenvalue weighted by Gasteiger charge is -2.15. The predicted molar refractivity (Wildman–Crippen MR) is 86.1 cm³/mol. The van der Waals surface area contributed by atoms with Gasteiger partial charge in [-0.3, -0.25) is 0 Å². The summed E-state index contributed by atoms with van der Waals surface area (Å²) in [4.78, 5) is 0. The van der Waals surface area contributed by atoms with Crippen LogP contribution in [0.3, 0.4) is 0 Å². The lowest BCUT2D eigenvalue weighted by molar-refractivity contribution is 0.413. The minimum atomic E-state index is 0.297. The van der Waals surface area contributed by atoms with E-state index in [0.29, 0.717) is 6.04 Å². The molecule has 0 aromatic heterocycles. The van der Waals surface area contributed by atoms with E-state index in [0.717, 1.165) is 24.5 Å². The van der Waals surface area contributed by atoms with Crippen molar-refractivity contribution in [1.29, 1.82) is 0 Å². The van der Waals surface area contributed by atoms with E-state index in [1.165, 1.54) is 11.1 Å². The van der Waals surface area contributed by atoms with Crippen molar-refractivity contribution >= 4 is 0 Å². The monoisotopic (exact) mass is 285 g/mol. The number of hydrogen-bond acceptors (Lipinski definition) is 3. The molecule has 0 aliphatic carbocycles. The first-order valence-electron chi connectivity index (χ1n) is 7.23. The largest absolute Gasteiger partial charge is 0.497 e. The van der Waals surface area contributed by atoms with Crippen LogP contribution in [-0.4, -0.2) is 20.8 Å². The average molecular weight is 285 g/mol. The Kier molecular flexibility index (Phi) is 5.64. The van der Waals surface area contributed by atoms with Crippen molar-refractivity contribution in [2.24, 2.45) is 0 Å². The zero-order valence-electron chi connectivity index (χ0n) is 12.9. The van der Waals surface area contributed by atoms with Gasteiger partial charge in [-0.15, -0.1) is 0 Å². The summed E-state index contributed by atoms with van der Waals surface area (Å²) in [5.74, 6) is 1.81. The van der Waals surface area contributed by atoms with Crippen molar-refractivity contribution in [3.63, 3.8) is 0 Å². The molecule has 0 radical (unpaired) electrons. The van der Waals surface area contributed by atoms with E-state index in [9.17, 15) is 0 Å². The maximum atomic E-state index is 5.26. The smallest absolute Gasteiger partial charge is 0.119 e. The fourth-order valence-electron chi connectivity index (χ4n) is 2.29. The first-order chi connectivity index (χ1) is 10.2. The molecule has 2 aromatic rings. The average Bonchev–Trinajstić information content (AvgIpc) is 2.55. The third kappa shape index (κ3) is 4.50. The van der Waals surface area contributed by atoms with E-state index < -0.39 is 0 Å². The standard InChI is InChI=1S/C18H23NO2/c1-14(16-7-5-9-18(13-16)21-3)19-11-10-15-6-4-8-17(12-15)20-2/h4-9,12-14,19H,10-11H2,1-3H3. The van der Waals surface area contributed by atoms with Crippen LogP contribution in [0.4, 0.5) is 0 Å². The molecule has 21 heavy (non-hydrogen) atoms. The molecule has 0 aliphatic heterocycles. The van der Waals surface area contributed by atoms with Crippen LogP contribution in [0.2, 0.25) is 0 Å². The number of hydrogen-bond donors (Lipinski definition) is 1. The molecular weight excluding hydrogens is 262 g/mol. The molecule has 0 spiro atoms. The predicted octanol–water partition coefficient (Wildman–Crippen LogP) is 3.60. The summed E-state index contributed by atoms with van der Waals surface area (Å²) >= 11 is 0. The topological polar surface area (TPSA) is 30.5 Å². The number of benzene rings is 2. The molecule has 0 saturated heterocycles. The number of nitrogens with one attached hydrogen (secondary N) is 1. The zero-order chi connectivity index (χ0) is 15.1. The van der Waals surface area contributed by atoms with E-state index in [-0.39, 0.29) is 0 Å². The summed E-state index contributed by atoms with van der Waals surface area (Å²) in [6, 6.07) is 16.7. The molecule has 0 saturated carbocycles. The van der Waals surface area contributed by atoms with Crippen LogP contribution in [0.15, 0.2) is 48.5 Å². The quantitative estimate of drug-likeness (QED) is 0.843. The second kappa shape index (κ2) is 7.70. The first kappa shape index (κ1) is 15.4. The third-order valence-corrected chi connectivity index (χ3v) is 3.59. The SMILES string of the molecule is COc1cccc(CCNC(C)c2cccc(OC)c2)c1. The fourth-order valence-corrected chi connectivity index (χ4v) is 2.29. The second-order valence-electron chi connectivity index (χ2n) is 5.05. The number of methoxy groups -OCH3 is 2. The first-order valence-corrected chi connectivity index (χ1v) is 7.23. The van der Waals surface area contributed by atoms with Crippen molar-refractivity contribution in [1.82, 2.24) is 5.32 Å². The summed E-state index contributed by atoms with van der Waals surface area (Å²) in [7, 11) is 3.39. The van der Waals surface area contributed by atoms with Gasteiger partial charge in [-0.05, 0) is 55.3 Å². The Morgan fingerprint density at radius 1 is 0.952 bits per heavy atom. The van der Waals surface area contributed by atoms with Gasteiger partial charge in [0.1, 0.15) is 11.5 Å². The van der Waals surface area contributed by atoms with Crippen molar-refractivity contribution < 1.29 is 9.47 Å². The van der Waals surface area contributed by atoms with Gasteiger partial charge in [0, 0.05) is 6.04 Å². The van der Waals surface area contributed by atoms with Crippen LogP contribution in [-0.2, 0) is 6.42 Å². The van der Waals surface area contributed by atoms with Gasteiger partial charge >= 0.3 is 0 Å². The second-order valence-corrected chi connectivity index (χ2v) is 5.05. The molecule has 3 nitrogen and oxygen atoms in total. The Labute approximate surface area is 126 Å². The molecule has 3 heteroatoms. The number of ether oxygens (including phenoxy) is 2. The molecule has 0 amide bonds. The van der Waals surface area contributed by atoms with Crippen LogP contribution >= 0.6 is 0 Å². The van der Waals surface area contributed by atoms with Crippen molar-refractivity contribution in [3.8, 4) is 11.5 Å². The highest BCUT2D eigenvalue weighted by Crippen LogP contribution is 2.19. The van der Waals surface area contributed by atoms with Gasteiger partial charge in [-0.25, -0.2) is 0 Å². The molecule has 0 fully saturated rings. The Morgan fingerprint density at radius 3 is 2.33 bits per heavy atom. The van der Waals surface area contributed by atoms with Crippen LogP contribution in [0.25, 0.3) is 0 Å². The van der Waals surface area contributed by atoms with Crippen LogP contribution in [0, 0.1) is 0 Å². The highest BCUT2D eigenvalue weighted by molar-refractivity contribution is 5.30. The molecule has 112 valence electrons. The van der Waals surface area contributed by atoms with Gasteiger partial charge in [0.05, 0.1) is 14.2 Å². The van der Waals surface area contributed by atoms with Gasteiger partial charge in [-0.2, -0.15) is 0 Å². The maximum absolute atomic E-state index is 5.26. The molecule has 1 unspecified atom stereocenters. The summed E-state index contributed by atoms with van der Waals surface area (Å²) in [6.45, 7) is 3.09. The lowest BCUT2D eigenvalue weighted by Crippen LogP contribution is -2.21. The lowest BCUT2D eigenvalue weighted by atomic mass is 10.1. The van der Waals surface area contributed by atoms with Gasteiger partial charge in [0.2, 0.25) is 0 Å². The summed E-state index contributed by atoms with van der Waals surface area (Å²) in [6.07, 6.45) is 0.978. The van der Waals surface area contributed by atoms with Gasteiger partial charge < -0.3 is 14.8 Å². The normalized spacial score (nSPS) is 12.0. The van der Waals surface area contributed by atoms with Crippen LogP contribution in [0.1, 0.15) is 24.1 Å². The van der Waals surface area contributed by atoms with E-state index in [2.05, 4.69) is 36.5 Å². The van der Waals surface area contributed by atoms with E-state index in [1.807, 2.05) is 24.3 Å². The molecule has 0 heterocycles. The zero-order valence-corrected chi connectivity index (χ0v) is 12.9. The van der Waals surface area contributed by atoms with Gasteiger partial charge in [0.15, 0.2) is 0 Å². The van der Waals surface area contributed by atoms with E-state index >= 15 is 0 Å². The molecule has 2 aromatic carbocycles. The van der Waals surface area contributed by atoms with E-state index in [4.69, 9.17) is 9.47 Å². The maximum Gasteiger partial charge on any atom is 0.119 e. The van der Waals surface area contributed by atoms with Crippen molar-refractivity contribution in [2.75, 3.05) is 20.8 Å². The van der Waals surface area contributed by atoms with Gasteiger partial charge in [0.25, 0.3) is 0 Å². The molecular formula is C18H23NO2. The van der Waals surface area contributed by atoms with E-state index in [1.54, 1.807) is 14.2 Å². The third-order valence-electron chi connectivity index (χ3n) is 3.59. The fraction of sp³-hybridized carbons (Fsp3) is 0.333. The summed E-state index contributed by atoms with van der Waals surface area (Å²) < 4.78 is 10.5. The summed E-state index contributed by atoms with van der Waals surface area (Å²) in [5, 5.41) is 3.54. The van der Waals surface area contributed by atoms with Crippen LogP contribution < -0.4 is 14.8 Å². The Morgan fingerprint density at radius 2 is 1.62 bits per heavy atom. The summed E-state index contributed by atoms with van der Waals surface area (Å²) in [5.41, 5.74) is 2.51. The van der Waals surface area contributed by atoms with Gasteiger partial charge in [-0.1, -0.05) is 24.3 Å². The minimum Gasteiger partial charge on any atom is -0.497 e. The molecule has 0 bridgehead atoms. The highest BCUT2D eigenvalue weighted by atomic mass is 16.5. The molecule has 1 atom stereocenters. The molecule has 1 N–H and O–H groups in total.